The topological polar surface area (TPSA) is 66.3 Å². The molecule has 0 amide bonds. The van der Waals surface area contributed by atoms with Gasteiger partial charge in [0.15, 0.2) is 7.38 Å². The van der Waals surface area contributed by atoms with Crippen molar-refractivity contribution in [1.29, 1.82) is 0 Å². The van der Waals surface area contributed by atoms with Crippen LogP contribution in [-0.4, -0.2) is 97.7 Å². The van der Waals surface area contributed by atoms with Gasteiger partial charge < -0.3 is 47.1 Å². The van der Waals surface area contributed by atoms with Gasteiger partial charge in [0.05, 0.1) is 11.4 Å². The number of halogens is 1. The van der Waals surface area contributed by atoms with Crippen LogP contribution in [0.5, 0.6) is 0 Å². The molecule has 17 atom stereocenters. The molecule has 16 rings (SSSR count). The van der Waals surface area contributed by atoms with Gasteiger partial charge in [0.2, 0.25) is 0 Å². The number of hydrogen-bond donors (Lipinski definition) is 1. The van der Waals surface area contributed by atoms with Gasteiger partial charge in [-0.2, -0.15) is 11.1 Å². The minimum absolute atomic E-state index is 0. The van der Waals surface area contributed by atoms with E-state index in [0.717, 1.165) is 107 Å². The maximum absolute atomic E-state index is 7.59. The summed E-state index contributed by atoms with van der Waals surface area (Å²) >= 11 is 6.97. The summed E-state index contributed by atoms with van der Waals surface area (Å²) in [6, 6.07) is 34.6. The molecule has 6 saturated carbocycles. The summed E-state index contributed by atoms with van der Waals surface area (Å²) < 4.78 is 4.69. The Morgan fingerprint density at radius 3 is 1.37 bits per heavy atom. The predicted octanol–water partition coefficient (Wildman–Crippen LogP) is 28.4. The minimum Gasteiger partial charge on any atom is -0.672 e. The largest absolute Gasteiger partial charge is 4.00 e. The fourth-order valence-electron chi connectivity index (χ4n) is 28.1. The summed E-state index contributed by atoms with van der Waals surface area (Å²) in [4.78, 5) is 16.1. The van der Waals surface area contributed by atoms with E-state index in [-0.39, 0.29) is 109 Å². The molecule has 2 saturated heterocycles. The molecule has 13 heteroatoms. The maximum Gasteiger partial charge on any atom is 4.00 e. The molecule has 17 unspecified atom stereocenters. The van der Waals surface area contributed by atoms with Crippen LogP contribution >= 0.6 is 11.1 Å². The van der Waals surface area contributed by atoms with Crippen molar-refractivity contribution in [3.05, 3.63) is 151 Å². The summed E-state index contributed by atoms with van der Waals surface area (Å²) in [6.07, 6.45) is 25.3. The Labute approximate surface area is 765 Å². The normalized spacial score (nSPS) is 27.9. The molecular weight excluding hydrogens is 1530 g/mol. The Morgan fingerprint density at radius 2 is 0.915 bits per heavy atom. The Hall–Kier alpha value is -1.99. The summed E-state index contributed by atoms with van der Waals surface area (Å²) in [7, 11) is 4.18. The monoisotopic (exact) mass is 1710 g/mol. The number of benzene rings is 4. The number of rotatable bonds is 10. The molecule has 4 aromatic carbocycles. The van der Waals surface area contributed by atoms with Crippen LogP contribution in [0, 0.1) is 112 Å². The fraction of sp³-hybridized carbons (Fsp3) is 0.705. The Morgan fingerprint density at radius 1 is 0.500 bits per heavy atom. The van der Waals surface area contributed by atoms with Gasteiger partial charge in [0, 0.05) is 88.7 Å². The van der Waals surface area contributed by atoms with E-state index in [9.17, 15) is 0 Å². The number of aromatic nitrogens is 2. The maximum atomic E-state index is 7.59. The molecule has 2 aromatic heterocycles. The van der Waals surface area contributed by atoms with Crippen LogP contribution in [0.25, 0.3) is 55.0 Å². The van der Waals surface area contributed by atoms with Gasteiger partial charge in [-0.3, -0.25) is 9.80 Å². The van der Waals surface area contributed by atoms with E-state index in [0.29, 0.717) is 21.8 Å². The van der Waals surface area contributed by atoms with Crippen LogP contribution < -0.4 is 23.8 Å². The van der Waals surface area contributed by atoms with Crippen molar-refractivity contribution in [2.45, 2.75) is 374 Å². The van der Waals surface area contributed by atoms with Crippen molar-refractivity contribution in [1.82, 2.24) is 23.9 Å². The number of fused-ring (bicyclic) bond motifs is 20. The van der Waals surface area contributed by atoms with E-state index >= 15 is 0 Å². The molecule has 118 heavy (non-hydrogen) atoms. The fourth-order valence-corrected chi connectivity index (χ4v) is 40.3. The van der Waals surface area contributed by atoms with Crippen LogP contribution in [-0.2, 0) is 42.2 Å². The van der Waals surface area contributed by atoms with Crippen LogP contribution in [0.4, 0.5) is 0 Å². The van der Waals surface area contributed by atoms with E-state index < -0.39 is 23.9 Å². The first-order valence-corrected chi connectivity index (χ1v) is 54.4. The van der Waals surface area contributed by atoms with Gasteiger partial charge in [-0.05, 0) is 227 Å². The van der Waals surface area contributed by atoms with E-state index in [1.807, 2.05) is 13.8 Å². The van der Waals surface area contributed by atoms with Gasteiger partial charge in [0.25, 0.3) is 0 Å². The van der Waals surface area contributed by atoms with Gasteiger partial charge in [-0.1, -0.05) is 310 Å². The van der Waals surface area contributed by atoms with E-state index in [2.05, 4.69) is 294 Å². The SMILES string of the molecule is C.C.C.C.CC(C)(C)CC(C)(C)[NH-].CC1CCC2C(C1)C1C(C3CCCCC3C1[Si](C)(C)NC(C)(C)CC(C)(C)C)N2C.CC1CCC2C(C1)C1C(C3CCCCC3C1[Si](C)(C)[N-]C(C)(C)CC(C)(C)C)N2C.Cc1ccc2c(c1)c1c(n2C)-c2ccccc2C1.Cc1ccc2c(c1)c1c(n2C)-c2ccccc2C1[Si](C)(C)Cl.[CH3-].[CH3-].[CH3-].[Li+].[Ti+4]. The predicted molar refractivity (Wildman–Crippen MR) is 530 cm³/mol. The number of likely N-dealkylation sites (tertiary alicyclic amines) is 2. The van der Waals surface area contributed by atoms with Crippen LogP contribution in [0.2, 0.25) is 50.4 Å². The van der Waals surface area contributed by atoms with Crippen LogP contribution in [0.3, 0.4) is 0 Å². The standard InChI is InChI=1S/C27H52N2Si.C27H51N2Si.C19H20ClNSi.C17H15N.C8H18N.4CH4.3CH3.Li.Ti/c2*1-18-14-15-22-21(16-18)23-24(29(22)7)19-12-10-11-13-20(19)25(23)30(8,9)28-27(5,6)17-26(2,3)4;1-12-9-10-16-15(11-12)17-18(21(16)2)13-7-5-6-8-14(13)19(17)22(3,4)20;1-11-7-8-16-14(9-11)15-10-12-5-3-4-6-13(12)17(15)18(16)2;1-7(2,3)6-8(4,5)9;;;;;;;;;/h18-25,28H,10-17H2,1-9H3;18-25H,10-17H2,1-9H3;5-11,19H,1-4H3;3-9H,10H2,1-2H3;9H,6H2,1-5H3;4*1H4;3*1H3;;/q;-1;;;-1;;;;;3*-1;+1;+4. The molecule has 660 valence electrons. The first-order valence-electron chi connectivity index (χ1n) is 44.2. The second-order valence-corrected chi connectivity index (χ2v) is 60.8. The number of hydrogen-bond acceptors (Lipinski definition) is 3. The summed E-state index contributed by atoms with van der Waals surface area (Å²) in [5, 5.41) is 2.80. The summed E-state index contributed by atoms with van der Waals surface area (Å²) in [5.74, 6) is 9.61. The molecular formula is C105H181ClLiN7Si3Ti. The average Bonchev–Trinajstić information content (AvgIpc) is 1.56. The Bertz CT molecular complexity index is 4050. The number of aryl methyl sites for hydroxylation is 4. The molecule has 2 aliphatic heterocycles. The van der Waals surface area contributed by atoms with E-state index in [4.69, 9.17) is 21.8 Å². The van der Waals surface area contributed by atoms with Gasteiger partial charge in [-0.15, -0.1) is 11.1 Å². The van der Waals surface area contributed by atoms with E-state index in [1.165, 1.54) is 180 Å². The zero-order valence-electron chi connectivity index (χ0n) is 79.2. The first kappa shape index (κ1) is 110. The van der Waals surface area contributed by atoms with Crippen molar-refractivity contribution in [3.8, 4) is 22.5 Å². The van der Waals surface area contributed by atoms with Gasteiger partial charge in [0.1, 0.15) is 8.24 Å². The molecule has 6 aromatic rings. The quantitative estimate of drug-likeness (QED) is 0.0843. The molecule has 8 fully saturated rings. The third kappa shape index (κ3) is 23.3. The molecule has 7 nitrogen and oxygen atoms in total. The van der Waals surface area contributed by atoms with E-state index in [1.54, 1.807) is 0 Å². The van der Waals surface area contributed by atoms with Gasteiger partial charge >= 0.3 is 40.6 Å². The van der Waals surface area contributed by atoms with Crippen molar-refractivity contribution >= 4 is 56.7 Å². The molecule has 2 N–H and O–H groups in total. The van der Waals surface area contributed by atoms with Gasteiger partial charge in [-0.25, -0.2) is 0 Å². The van der Waals surface area contributed by atoms with Crippen molar-refractivity contribution in [2.75, 3.05) is 14.1 Å². The van der Waals surface area contributed by atoms with Crippen LogP contribution in [0.1, 0.15) is 295 Å². The third-order valence-electron chi connectivity index (χ3n) is 29.2. The average molecular weight is 1720 g/mol. The third-order valence-corrected chi connectivity index (χ3v) is 39.2. The number of nitrogens with zero attached hydrogens (tertiary/aromatic N) is 5. The second kappa shape index (κ2) is 41.0. The molecule has 4 heterocycles. The summed E-state index contributed by atoms with van der Waals surface area (Å²) in [6.45, 7) is 59.4. The summed E-state index contributed by atoms with van der Waals surface area (Å²) in [5.41, 5.74) is 27.6. The Kier molecular flexibility index (Phi) is 38.3. The molecule has 10 aliphatic rings. The van der Waals surface area contributed by atoms with Crippen molar-refractivity contribution in [3.63, 3.8) is 0 Å². The van der Waals surface area contributed by atoms with Crippen molar-refractivity contribution in [2.24, 2.45) is 89.5 Å². The Balaban J connectivity index is 0.000000388. The number of nitrogens with one attached hydrogen (secondary N) is 2. The zero-order valence-corrected chi connectivity index (χ0v) is 84.6. The van der Waals surface area contributed by atoms with Crippen molar-refractivity contribution < 1.29 is 40.6 Å². The first-order chi connectivity index (χ1) is 50.5. The smallest absolute Gasteiger partial charge is 0.672 e. The molecule has 0 bridgehead atoms. The molecule has 0 radical (unpaired) electrons. The van der Waals surface area contributed by atoms with Crippen LogP contribution in [0.15, 0.2) is 84.9 Å². The molecule has 8 aliphatic carbocycles. The second-order valence-electron chi connectivity index (χ2n) is 45.6. The molecule has 0 spiro atoms. The minimum atomic E-state index is -1.89. The zero-order chi connectivity index (χ0) is 79.7.